The van der Waals surface area contributed by atoms with E-state index in [1.54, 1.807) is 0 Å². The molecule has 1 N–H and O–H groups in total. The molecular weight excluding hydrogens is 277 g/mol. The molecule has 1 nitrogen and oxygen atoms in total. The highest BCUT2D eigenvalue weighted by molar-refractivity contribution is 5.26. The summed E-state index contributed by atoms with van der Waals surface area (Å²) >= 11 is 0. The second kappa shape index (κ2) is 6.31. The largest absolute Gasteiger partial charge is 0.416 e. The van der Waals surface area contributed by atoms with Crippen LogP contribution < -0.4 is 0 Å². The summed E-state index contributed by atoms with van der Waals surface area (Å²) in [4.78, 5) is 0. The fourth-order valence-electron chi connectivity index (χ4n) is 2.12. The second-order valence-electron chi connectivity index (χ2n) is 5.16. The second-order valence-corrected chi connectivity index (χ2v) is 5.16. The third kappa shape index (κ3) is 4.33. The van der Waals surface area contributed by atoms with Crippen LogP contribution in [0.2, 0.25) is 0 Å². The molecule has 0 radical (unpaired) electrons. The maximum Gasteiger partial charge on any atom is 0.416 e. The van der Waals surface area contributed by atoms with Gasteiger partial charge in [-0.3, -0.25) is 0 Å². The number of aryl methyl sites for hydroxylation is 2. The highest BCUT2D eigenvalue weighted by Crippen LogP contribution is 2.30. The number of aliphatic hydroxyl groups excluding tert-OH is 1. The predicted octanol–water partition coefficient (Wildman–Crippen LogP) is 4.68. The van der Waals surface area contributed by atoms with Gasteiger partial charge in [-0.1, -0.05) is 42.0 Å². The van der Waals surface area contributed by atoms with Crippen molar-refractivity contribution in [2.75, 3.05) is 0 Å². The van der Waals surface area contributed by atoms with Gasteiger partial charge in [0.25, 0.3) is 0 Å². The van der Waals surface area contributed by atoms with Crippen molar-refractivity contribution in [3.63, 3.8) is 0 Å². The molecule has 0 aliphatic carbocycles. The van der Waals surface area contributed by atoms with Crippen molar-refractivity contribution in [1.82, 2.24) is 0 Å². The van der Waals surface area contributed by atoms with Crippen LogP contribution in [0, 0.1) is 6.92 Å². The Morgan fingerprint density at radius 3 is 2.05 bits per heavy atom. The van der Waals surface area contributed by atoms with Gasteiger partial charge in [-0.15, -0.1) is 0 Å². The maximum atomic E-state index is 12.5. The van der Waals surface area contributed by atoms with Gasteiger partial charge in [0.15, 0.2) is 0 Å². The lowest BCUT2D eigenvalue weighted by Crippen LogP contribution is -2.06. The van der Waals surface area contributed by atoms with Gasteiger partial charge < -0.3 is 5.11 Å². The van der Waals surface area contributed by atoms with Crippen molar-refractivity contribution in [1.29, 1.82) is 0 Å². The van der Waals surface area contributed by atoms with Crippen molar-refractivity contribution in [3.8, 4) is 0 Å². The molecule has 2 rings (SSSR count). The number of benzene rings is 2. The third-order valence-corrected chi connectivity index (χ3v) is 3.45. The van der Waals surface area contributed by atoms with Crippen LogP contribution in [-0.2, 0) is 12.6 Å². The normalized spacial score (nSPS) is 13.2. The molecular formula is C17H17F3O. The van der Waals surface area contributed by atoms with Crippen molar-refractivity contribution in [2.45, 2.75) is 32.0 Å². The number of rotatable bonds is 4. The van der Waals surface area contributed by atoms with Crippen LogP contribution in [0.4, 0.5) is 13.2 Å². The van der Waals surface area contributed by atoms with Crippen LogP contribution in [0.3, 0.4) is 0 Å². The molecule has 0 bridgehead atoms. The number of aliphatic hydroxyl groups is 1. The van der Waals surface area contributed by atoms with Crippen molar-refractivity contribution in [3.05, 3.63) is 70.8 Å². The number of hydrogen-bond donors (Lipinski definition) is 1. The zero-order valence-corrected chi connectivity index (χ0v) is 11.7. The van der Waals surface area contributed by atoms with E-state index in [1.165, 1.54) is 17.7 Å². The van der Waals surface area contributed by atoms with E-state index >= 15 is 0 Å². The minimum Gasteiger partial charge on any atom is -0.388 e. The lowest BCUT2D eigenvalue weighted by atomic mass is 10.00. The Morgan fingerprint density at radius 1 is 0.952 bits per heavy atom. The lowest BCUT2D eigenvalue weighted by molar-refractivity contribution is -0.137. The summed E-state index contributed by atoms with van der Waals surface area (Å²) in [7, 11) is 0. The molecule has 0 spiro atoms. The SMILES string of the molecule is Cc1ccc(CCC(O)c2ccc(C(F)(F)F)cc2)cc1. The van der Waals surface area contributed by atoms with Gasteiger partial charge in [0.05, 0.1) is 11.7 Å². The fourth-order valence-corrected chi connectivity index (χ4v) is 2.12. The molecule has 0 fully saturated rings. The first-order valence-corrected chi connectivity index (χ1v) is 6.77. The first-order valence-electron chi connectivity index (χ1n) is 6.77. The van der Waals surface area contributed by atoms with Crippen LogP contribution in [0.15, 0.2) is 48.5 Å². The molecule has 0 aromatic heterocycles. The monoisotopic (exact) mass is 294 g/mol. The lowest BCUT2D eigenvalue weighted by Gasteiger charge is -2.13. The van der Waals surface area contributed by atoms with Crippen LogP contribution >= 0.6 is 0 Å². The summed E-state index contributed by atoms with van der Waals surface area (Å²) in [5.74, 6) is 0. The topological polar surface area (TPSA) is 20.2 Å². The minimum atomic E-state index is -4.34. The molecule has 21 heavy (non-hydrogen) atoms. The molecule has 0 saturated carbocycles. The van der Waals surface area contributed by atoms with E-state index in [1.807, 2.05) is 31.2 Å². The van der Waals surface area contributed by atoms with Gasteiger partial charge in [-0.25, -0.2) is 0 Å². The van der Waals surface area contributed by atoms with Crippen molar-refractivity contribution in [2.24, 2.45) is 0 Å². The molecule has 1 atom stereocenters. The molecule has 0 saturated heterocycles. The molecule has 0 aliphatic rings. The summed E-state index contributed by atoms with van der Waals surface area (Å²) in [6.07, 6.45) is -3.93. The molecule has 1 unspecified atom stereocenters. The molecule has 112 valence electrons. The Morgan fingerprint density at radius 2 is 1.52 bits per heavy atom. The van der Waals surface area contributed by atoms with Crippen LogP contribution in [0.1, 0.15) is 34.8 Å². The number of hydrogen-bond acceptors (Lipinski definition) is 1. The summed E-state index contributed by atoms with van der Waals surface area (Å²) in [5.41, 5.74) is 2.08. The Kier molecular flexibility index (Phi) is 4.68. The molecule has 2 aromatic rings. The highest BCUT2D eigenvalue weighted by Gasteiger charge is 2.30. The average Bonchev–Trinajstić information content (AvgIpc) is 2.45. The highest BCUT2D eigenvalue weighted by atomic mass is 19.4. The maximum absolute atomic E-state index is 12.5. The zero-order valence-electron chi connectivity index (χ0n) is 11.7. The Bertz CT molecular complexity index is 570. The molecule has 0 amide bonds. The Balaban J connectivity index is 1.97. The van der Waals surface area contributed by atoms with Gasteiger partial charge in [0, 0.05) is 0 Å². The van der Waals surface area contributed by atoms with E-state index in [4.69, 9.17) is 0 Å². The van der Waals surface area contributed by atoms with Gasteiger partial charge in [-0.05, 0) is 43.0 Å². The van der Waals surface area contributed by atoms with E-state index < -0.39 is 17.8 Å². The van der Waals surface area contributed by atoms with Crippen LogP contribution in [0.5, 0.6) is 0 Å². The van der Waals surface area contributed by atoms with E-state index in [-0.39, 0.29) is 0 Å². The summed E-state index contributed by atoms with van der Waals surface area (Å²) < 4.78 is 37.4. The fraction of sp³-hybridized carbons (Fsp3) is 0.294. The van der Waals surface area contributed by atoms with Gasteiger partial charge in [0.1, 0.15) is 0 Å². The zero-order chi connectivity index (χ0) is 15.5. The summed E-state index contributed by atoms with van der Waals surface area (Å²) in [6.45, 7) is 2.00. The molecule has 4 heteroatoms. The number of halogens is 3. The van der Waals surface area contributed by atoms with E-state index in [9.17, 15) is 18.3 Å². The number of alkyl halides is 3. The third-order valence-electron chi connectivity index (χ3n) is 3.45. The molecule has 0 heterocycles. The van der Waals surface area contributed by atoms with Gasteiger partial charge >= 0.3 is 6.18 Å². The van der Waals surface area contributed by atoms with Gasteiger partial charge in [0.2, 0.25) is 0 Å². The Hall–Kier alpha value is -1.81. The molecule has 0 aliphatic heterocycles. The standard InChI is InChI=1S/C17H17F3O/c1-12-2-4-13(5-3-12)6-11-16(21)14-7-9-15(10-8-14)17(18,19)20/h2-5,7-10,16,21H,6,11H2,1H3. The predicted molar refractivity (Wildman–Crippen MR) is 75.9 cm³/mol. The van der Waals surface area contributed by atoms with Crippen LogP contribution in [-0.4, -0.2) is 5.11 Å². The summed E-state index contributed by atoms with van der Waals surface area (Å²) in [5, 5.41) is 10.0. The smallest absolute Gasteiger partial charge is 0.388 e. The van der Waals surface area contributed by atoms with E-state index in [0.29, 0.717) is 18.4 Å². The first kappa shape index (κ1) is 15.6. The van der Waals surface area contributed by atoms with Gasteiger partial charge in [-0.2, -0.15) is 13.2 Å². The minimum absolute atomic E-state index is 0.481. The van der Waals surface area contributed by atoms with Crippen molar-refractivity contribution < 1.29 is 18.3 Å². The first-order chi connectivity index (χ1) is 9.86. The van der Waals surface area contributed by atoms with E-state index in [2.05, 4.69) is 0 Å². The van der Waals surface area contributed by atoms with E-state index in [0.717, 1.165) is 17.7 Å². The quantitative estimate of drug-likeness (QED) is 0.868. The van der Waals surface area contributed by atoms with Crippen molar-refractivity contribution >= 4 is 0 Å². The summed E-state index contributed by atoms with van der Waals surface area (Å²) in [6, 6.07) is 12.7. The average molecular weight is 294 g/mol. The van der Waals surface area contributed by atoms with Crippen LogP contribution in [0.25, 0.3) is 0 Å². The molecule has 2 aromatic carbocycles. The Labute approximate surface area is 122 Å².